The Morgan fingerprint density at radius 2 is 1.65 bits per heavy atom. The van der Waals surface area contributed by atoms with Crippen LogP contribution in [0.1, 0.15) is 29.5 Å². The molecule has 170 valence electrons. The minimum atomic E-state index is -0.0241. The highest BCUT2D eigenvalue weighted by Gasteiger charge is 2.40. The Labute approximate surface area is 199 Å². The summed E-state index contributed by atoms with van der Waals surface area (Å²) in [5.74, 6) is 2.60. The minimum absolute atomic E-state index is 0.0241. The Morgan fingerprint density at radius 1 is 0.824 bits per heavy atom. The highest BCUT2D eigenvalue weighted by molar-refractivity contribution is 5.89. The third kappa shape index (κ3) is 3.65. The Bertz CT molecular complexity index is 1350. The maximum absolute atomic E-state index is 11.0. The summed E-state index contributed by atoms with van der Waals surface area (Å²) in [5.41, 5.74) is 3.22. The van der Waals surface area contributed by atoms with Gasteiger partial charge in [-0.1, -0.05) is 72.8 Å². The van der Waals surface area contributed by atoms with Crippen molar-refractivity contribution in [2.24, 2.45) is 5.92 Å². The number of aromatic hydroxyl groups is 1. The zero-order valence-electron chi connectivity index (χ0n) is 18.9. The van der Waals surface area contributed by atoms with Gasteiger partial charge in [0.1, 0.15) is 30.5 Å². The molecule has 4 nitrogen and oxygen atoms in total. The number of phenols is 1. The van der Waals surface area contributed by atoms with Crippen molar-refractivity contribution in [1.29, 1.82) is 0 Å². The fourth-order valence-electron chi connectivity index (χ4n) is 5.44. The van der Waals surface area contributed by atoms with Crippen molar-refractivity contribution in [3.63, 3.8) is 0 Å². The fraction of sp³-hybridized carbons (Fsp3) is 0.200. The van der Waals surface area contributed by atoms with E-state index in [1.54, 1.807) is 0 Å². The number of ether oxygens (including phenoxy) is 2. The Kier molecular flexibility index (Phi) is 5.34. The van der Waals surface area contributed by atoms with Crippen LogP contribution >= 0.6 is 0 Å². The second-order valence-electron chi connectivity index (χ2n) is 8.93. The van der Waals surface area contributed by atoms with Crippen molar-refractivity contribution in [3.8, 4) is 17.2 Å². The van der Waals surface area contributed by atoms with E-state index < -0.39 is 0 Å². The Morgan fingerprint density at radius 3 is 2.56 bits per heavy atom. The maximum atomic E-state index is 11.0. The number of allylic oxidation sites excluding steroid dienone is 2. The lowest BCUT2D eigenvalue weighted by Crippen LogP contribution is -2.29. The summed E-state index contributed by atoms with van der Waals surface area (Å²) < 4.78 is 12.0. The van der Waals surface area contributed by atoms with Gasteiger partial charge < -0.3 is 19.9 Å². The molecule has 3 unspecified atom stereocenters. The summed E-state index contributed by atoms with van der Waals surface area (Å²) in [6.45, 7) is 0.911. The van der Waals surface area contributed by atoms with E-state index in [1.165, 1.54) is 5.56 Å². The van der Waals surface area contributed by atoms with Gasteiger partial charge in [0, 0.05) is 11.5 Å². The normalized spacial score (nSPS) is 20.4. The van der Waals surface area contributed by atoms with Crippen molar-refractivity contribution in [1.82, 2.24) is 0 Å². The number of nitrogens with one attached hydrogen (secondary N) is 1. The van der Waals surface area contributed by atoms with E-state index >= 15 is 0 Å². The third-order valence-electron chi connectivity index (χ3n) is 6.97. The number of benzene rings is 4. The Hall–Kier alpha value is -3.92. The van der Waals surface area contributed by atoms with E-state index in [-0.39, 0.29) is 12.0 Å². The molecule has 0 amide bonds. The number of para-hydroxylation sites is 2. The average Bonchev–Trinajstić information content (AvgIpc) is 3.38. The monoisotopic (exact) mass is 449 g/mol. The van der Waals surface area contributed by atoms with E-state index in [4.69, 9.17) is 9.47 Å². The van der Waals surface area contributed by atoms with Crippen LogP contribution in [0.25, 0.3) is 10.8 Å². The molecule has 3 atom stereocenters. The summed E-state index contributed by atoms with van der Waals surface area (Å²) in [6, 6.07) is 28.1. The molecule has 0 saturated heterocycles. The van der Waals surface area contributed by atoms with E-state index in [1.807, 2.05) is 60.7 Å². The first-order valence-corrected chi connectivity index (χ1v) is 11.9. The first kappa shape index (κ1) is 20.7. The highest BCUT2D eigenvalue weighted by atomic mass is 16.5. The molecule has 4 aromatic rings. The molecule has 2 N–H and O–H groups in total. The third-order valence-corrected chi connectivity index (χ3v) is 6.97. The van der Waals surface area contributed by atoms with Crippen LogP contribution < -0.4 is 14.8 Å². The van der Waals surface area contributed by atoms with Gasteiger partial charge in [-0.3, -0.25) is 0 Å². The zero-order valence-corrected chi connectivity index (χ0v) is 18.9. The second-order valence-corrected chi connectivity index (χ2v) is 8.93. The molecule has 0 fully saturated rings. The molecule has 2 aliphatic rings. The molecular formula is C30H27NO3. The van der Waals surface area contributed by atoms with E-state index in [0.29, 0.717) is 24.9 Å². The standard InChI is InChI=1S/C30H27NO3/c32-26-17-16-20-8-4-5-11-22(20)28(26)30-25-13-6-12-23(25)24-14-7-15-27(29(24)31-30)34-19-18-33-21-9-2-1-3-10-21/h1-12,14-17,23,25,30-32H,13,18-19H2. The first-order valence-electron chi connectivity index (χ1n) is 11.9. The molecule has 34 heavy (non-hydrogen) atoms. The topological polar surface area (TPSA) is 50.7 Å². The summed E-state index contributed by atoms with van der Waals surface area (Å²) in [4.78, 5) is 0. The van der Waals surface area contributed by atoms with Crippen LogP contribution in [-0.4, -0.2) is 18.3 Å². The van der Waals surface area contributed by atoms with Crippen LogP contribution in [0.5, 0.6) is 17.2 Å². The minimum Gasteiger partial charge on any atom is -0.508 e. The number of hydrogen-bond donors (Lipinski definition) is 2. The molecule has 4 heteroatoms. The maximum Gasteiger partial charge on any atom is 0.142 e. The number of phenolic OH excluding ortho intramolecular Hbond substituents is 1. The molecule has 0 aromatic heterocycles. The van der Waals surface area contributed by atoms with Crippen LogP contribution in [-0.2, 0) is 0 Å². The van der Waals surface area contributed by atoms with Gasteiger partial charge in [0.25, 0.3) is 0 Å². The van der Waals surface area contributed by atoms with Gasteiger partial charge in [-0.05, 0) is 52.9 Å². The summed E-state index contributed by atoms with van der Waals surface area (Å²) in [5, 5.41) is 17.0. The molecule has 1 aliphatic heterocycles. The van der Waals surface area contributed by atoms with Gasteiger partial charge >= 0.3 is 0 Å². The Balaban J connectivity index is 1.31. The first-order chi connectivity index (χ1) is 16.8. The quantitative estimate of drug-likeness (QED) is 0.250. The van der Waals surface area contributed by atoms with Crippen molar-refractivity contribution in [3.05, 3.63) is 108 Å². The van der Waals surface area contributed by atoms with Crippen LogP contribution in [0.3, 0.4) is 0 Å². The molecular weight excluding hydrogens is 422 g/mol. The molecule has 1 aliphatic carbocycles. The van der Waals surface area contributed by atoms with Crippen molar-refractivity contribution < 1.29 is 14.6 Å². The van der Waals surface area contributed by atoms with Crippen molar-refractivity contribution in [2.75, 3.05) is 18.5 Å². The lowest BCUT2D eigenvalue weighted by Gasteiger charge is -2.38. The average molecular weight is 450 g/mol. The van der Waals surface area contributed by atoms with Gasteiger partial charge in [0.2, 0.25) is 0 Å². The van der Waals surface area contributed by atoms with Gasteiger partial charge in [-0.15, -0.1) is 0 Å². The predicted molar refractivity (Wildman–Crippen MR) is 136 cm³/mol. The summed E-state index contributed by atoms with van der Waals surface area (Å²) in [6.07, 6.45) is 5.55. The summed E-state index contributed by atoms with van der Waals surface area (Å²) >= 11 is 0. The largest absolute Gasteiger partial charge is 0.508 e. The lowest BCUT2D eigenvalue weighted by atomic mass is 9.76. The molecule has 4 aromatic carbocycles. The van der Waals surface area contributed by atoms with E-state index in [9.17, 15) is 5.11 Å². The van der Waals surface area contributed by atoms with Gasteiger partial charge in [0.05, 0.1) is 11.7 Å². The molecule has 0 bridgehead atoms. The predicted octanol–water partition coefficient (Wildman–Crippen LogP) is 6.83. The van der Waals surface area contributed by atoms with E-state index in [0.717, 1.165) is 39.9 Å². The molecule has 6 rings (SSSR count). The van der Waals surface area contributed by atoms with Crippen LogP contribution in [0.4, 0.5) is 5.69 Å². The number of anilines is 1. The van der Waals surface area contributed by atoms with Crippen LogP contribution in [0.15, 0.2) is 97.1 Å². The SMILES string of the molecule is Oc1ccc2ccccc2c1C1Nc2c(OCCOc3ccccc3)cccc2C2C=CCC21. The molecule has 0 spiro atoms. The highest BCUT2D eigenvalue weighted by Crippen LogP contribution is 2.54. The lowest BCUT2D eigenvalue weighted by molar-refractivity contribution is 0.217. The van der Waals surface area contributed by atoms with Gasteiger partial charge in [-0.25, -0.2) is 0 Å². The molecule has 0 radical (unpaired) electrons. The van der Waals surface area contributed by atoms with Gasteiger partial charge in [-0.2, -0.15) is 0 Å². The molecule has 1 heterocycles. The zero-order chi connectivity index (χ0) is 22.9. The van der Waals surface area contributed by atoms with Crippen molar-refractivity contribution >= 4 is 16.5 Å². The van der Waals surface area contributed by atoms with Crippen LogP contribution in [0, 0.1) is 5.92 Å². The van der Waals surface area contributed by atoms with Crippen LogP contribution in [0.2, 0.25) is 0 Å². The van der Waals surface area contributed by atoms with Gasteiger partial charge in [0.15, 0.2) is 0 Å². The fourth-order valence-corrected chi connectivity index (χ4v) is 5.44. The number of rotatable bonds is 6. The van der Waals surface area contributed by atoms with Crippen molar-refractivity contribution in [2.45, 2.75) is 18.4 Å². The number of hydrogen-bond acceptors (Lipinski definition) is 4. The molecule has 0 saturated carbocycles. The smallest absolute Gasteiger partial charge is 0.142 e. The number of fused-ring (bicyclic) bond motifs is 4. The summed E-state index contributed by atoms with van der Waals surface area (Å²) in [7, 11) is 0. The van der Waals surface area contributed by atoms with E-state index in [2.05, 4.69) is 41.7 Å². The second kappa shape index (κ2) is 8.79.